The van der Waals surface area contributed by atoms with E-state index in [9.17, 15) is 48.3 Å². The Labute approximate surface area is 478 Å². The summed E-state index contributed by atoms with van der Waals surface area (Å²) in [6.45, 7) is 15.4. The molecular weight excluding hydrogens is 1060 g/mol. The predicted octanol–water partition coefficient (Wildman–Crippen LogP) is 1.84. The average Bonchev–Trinajstić information content (AvgIpc) is 3.51. The number of carbonyl (C=O) groups is 6. The number of carboxylic acid groups (broad SMARTS) is 1. The summed E-state index contributed by atoms with van der Waals surface area (Å²) in [5.74, 6) is -3.11. The summed E-state index contributed by atoms with van der Waals surface area (Å²) in [5, 5.41) is 61.6. The first-order valence-electron chi connectivity index (χ1n) is 26.2. The van der Waals surface area contributed by atoms with Crippen LogP contribution < -0.4 is 43.3 Å². The summed E-state index contributed by atoms with van der Waals surface area (Å²) in [6, 6.07) is 11.9. The van der Waals surface area contributed by atoms with Crippen molar-refractivity contribution in [3.8, 4) is 17.2 Å². The van der Waals surface area contributed by atoms with Crippen molar-refractivity contribution < 1.29 is 54.3 Å². The van der Waals surface area contributed by atoms with Crippen LogP contribution in [0.5, 0.6) is 17.2 Å². The molecule has 4 aromatic rings. The van der Waals surface area contributed by atoms with Crippen LogP contribution in [0.15, 0.2) is 112 Å². The summed E-state index contributed by atoms with van der Waals surface area (Å²) in [6.07, 6.45) is 10.6. The number of amides is 2. The highest BCUT2D eigenvalue weighted by Crippen LogP contribution is 2.17. The Bertz CT molecular complexity index is 2710. The fourth-order valence-electron chi connectivity index (χ4n) is 7.02. The van der Waals surface area contributed by atoms with E-state index >= 15 is 0 Å². The summed E-state index contributed by atoms with van der Waals surface area (Å²) in [4.78, 5) is 106. The van der Waals surface area contributed by atoms with Crippen molar-refractivity contribution in [3.05, 3.63) is 151 Å². The fourth-order valence-corrected chi connectivity index (χ4v) is 7.02. The van der Waals surface area contributed by atoms with Gasteiger partial charge in [0.2, 0.25) is 5.91 Å². The third kappa shape index (κ3) is 28.1. The molecule has 3 aromatic heterocycles. The number of aromatic hydroxyl groups is 3. The van der Waals surface area contributed by atoms with E-state index in [4.69, 9.17) is 20.4 Å². The molecule has 0 aliphatic carbocycles. The topological polar surface area (TPSA) is 339 Å². The van der Waals surface area contributed by atoms with Crippen LogP contribution in [-0.4, -0.2) is 191 Å². The number of rotatable bonds is 29. The zero-order chi connectivity index (χ0) is 62.3. The van der Waals surface area contributed by atoms with Crippen molar-refractivity contribution in [2.75, 3.05) is 106 Å². The van der Waals surface area contributed by atoms with E-state index in [0.29, 0.717) is 37.6 Å². The molecule has 1 atom stereocenters. The molecule has 0 saturated heterocycles. The van der Waals surface area contributed by atoms with Crippen molar-refractivity contribution >= 4 is 42.3 Å². The number of hydrogen-bond donors (Lipinski definition) is 10. The molecule has 0 bridgehead atoms. The van der Waals surface area contributed by atoms with Crippen molar-refractivity contribution in [3.63, 3.8) is 0 Å². The molecule has 0 aliphatic heterocycles. The zero-order valence-corrected chi connectivity index (χ0v) is 48.8. The van der Waals surface area contributed by atoms with Gasteiger partial charge in [0.05, 0.1) is 28.7 Å². The maximum Gasteiger partial charge on any atom is 0.303 e. The van der Waals surface area contributed by atoms with Crippen LogP contribution >= 0.6 is 0 Å². The van der Waals surface area contributed by atoms with E-state index in [2.05, 4.69) is 43.0 Å². The molecule has 0 radical (unpaired) electrons. The van der Waals surface area contributed by atoms with Gasteiger partial charge in [0.15, 0.2) is 36.1 Å². The van der Waals surface area contributed by atoms with Crippen molar-refractivity contribution in [1.82, 2.24) is 49.7 Å². The minimum Gasteiger partial charge on any atom is -0.507 e. The van der Waals surface area contributed by atoms with Gasteiger partial charge in [-0.2, -0.15) is 0 Å². The molecule has 25 heteroatoms. The normalized spacial score (nSPS) is 11.2. The third-order valence-electron chi connectivity index (χ3n) is 11.6. The van der Waals surface area contributed by atoms with Crippen LogP contribution in [0.2, 0.25) is 0 Å². The molecule has 0 spiro atoms. The fraction of sp³-hybridized carbons (Fsp3) is 0.421. The maximum atomic E-state index is 13.0. The lowest BCUT2D eigenvalue weighted by Gasteiger charge is -2.32. The van der Waals surface area contributed by atoms with E-state index in [-0.39, 0.29) is 58.6 Å². The SMILES string of the molecule is C=C/C(O)=C(\C=C/N(C)C)C(=O)NCCN(CCNC)CC(Cc1ccc(NC(=O)CCC(=O)O)cc1)CN(CCNC)CCNC.CC.Cn1ccc(C=O)c(O)c1=O.Cn1ccc(C=O)c(O)c1=O.Cn1ccc(C=O)c(O)c1=O. The number of nitrogens with one attached hydrogen (secondary N) is 5. The molecule has 1 aromatic carbocycles. The quantitative estimate of drug-likeness (QED) is 0.0160. The Hall–Kier alpha value is -8.49. The van der Waals surface area contributed by atoms with Crippen molar-refractivity contribution in [2.24, 2.45) is 27.1 Å². The number of benzene rings is 1. The van der Waals surface area contributed by atoms with Gasteiger partial charge in [-0.1, -0.05) is 32.6 Å². The third-order valence-corrected chi connectivity index (χ3v) is 11.6. The van der Waals surface area contributed by atoms with E-state index in [1.54, 1.807) is 17.2 Å². The smallest absolute Gasteiger partial charge is 0.303 e. The number of aliphatic carboxylic acids is 1. The number of aliphatic hydroxyl groups excluding tert-OH is 1. The summed E-state index contributed by atoms with van der Waals surface area (Å²) >= 11 is 0. The molecule has 1 unspecified atom stereocenters. The number of carbonyl (C=O) groups excluding carboxylic acids is 5. The van der Waals surface area contributed by atoms with E-state index < -0.39 is 39.9 Å². The van der Waals surface area contributed by atoms with E-state index in [0.717, 1.165) is 64.3 Å². The molecule has 82 heavy (non-hydrogen) atoms. The van der Waals surface area contributed by atoms with Crippen molar-refractivity contribution in [2.45, 2.75) is 33.1 Å². The Balaban J connectivity index is 0.00000147. The molecule has 0 aliphatic rings. The van der Waals surface area contributed by atoms with Gasteiger partial charge in [-0.15, -0.1) is 0 Å². The molecule has 452 valence electrons. The molecule has 0 saturated carbocycles. The summed E-state index contributed by atoms with van der Waals surface area (Å²) in [5.41, 5.74) is 0.297. The largest absolute Gasteiger partial charge is 0.507 e. The van der Waals surface area contributed by atoms with Crippen LogP contribution in [-0.2, 0) is 41.9 Å². The van der Waals surface area contributed by atoms with Gasteiger partial charge in [-0.25, -0.2) is 0 Å². The van der Waals surface area contributed by atoms with Gasteiger partial charge in [0.1, 0.15) is 5.76 Å². The van der Waals surface area contributed by atoms with Crippen LogP contribution in [0.25, 0.3) is 0 Å². The number of likely N-dealkylation sites (N-methyl/N-ethyl adjacent to an activating group) is 3. The second-order valence-corrected chi connectivity index (χ2v) is 18.1. The lowest BCUT2D eigenvalue weighted by Crippen LogP contribution is -2.45. The summed E-state index contributed by atoms with van der Waals surface area (Å²) < 4.78 is 3.59. The highest BCUT2D eigenvalue weighted by molar-refractivity contribution is 5.97. The number of allylic oxidation sites excluding steroid dienone is 1. The van der Waals surface area contributed by atoms with Crippen molar-refractivity contribution in [1.29, 1.82) is 0 Å². The van der Waals surface area contributed by atoms with Gasteiger partial charge in [0.25, 0.3) is 22.6 Å². The van der Waals surface area contributed by atoms with Crippen LogP contribution in [0.1, 0.15) is 63.3 Å². The number of carboxylic acids is 1. The Morgan fingerprint density at radius 1 is 0.622 bits per heavy atom. The predicted molar refractivity (Wildman–Crippen MR) is 317 cm³/mol. The van der Waals surface area contributed by atoms with Gasteiger partial charge < -0.3 is 75.6 Å². The van der Waals surface area contributed by atoms with Crippen LogP contribution in [0.4, 0.5) is 5.69 Å². The summed E-state index contributed by atoms with van der Waals surface area (Å²) in [7, 11) is 14.0. The van der Waals surface area contributed by atoms with Gasteiger partial charge >= 0.3 is 5.97 Å². The number of aliphatic hydroxyl groups is 1. The first-order valence-corrected chi connectivity index (χ1v) is 26.2. The molecular formula is C57H85N11O14. The Morgan fingerprint density at radius 3 is 1.35 bits per heavy atom. The highest BCUT2D eigenvalue weighted by Gasteiger charge is 2.20. The molecule has 3 heterocycles. The number of aryl methyl sites for hydroxylation is 3. The lowest BCUT2D eigenvalue weighted by molar-refractivity contribution is -0.138. The standard InChI is InChI=1S/C34H58N8O5.3C7H7NO3.C2H6/c1-7-31(43)30(14-19-40(5)6)34(47)38-18-23-42(22-17-37-4)26-28(25-41(20-15-35-2)21-16-36-3)24-27-8-10-29(11-9-27)39-32(44)12-13-33(45)46;3*1-8-3-2-5(4-9)6(10)7(8)11;1-2/h7-11,14,19,28,35-37,43H,1,12-13,15-18,20-26H2,2-6H3,(H,38,47)(H,39,44)(H,45,46);3*2-4,10H,1H3;1-2H3/b19-14-,31-30-;;;;. The minimum atomic E-state index is -1.00. The highest BCUT2D eigenvalue weighted by atomic mass is 16.4. The number of pyridine rings is 3. The molecule has 0 fully saturated rings. The molecule has 25 nitrogen and oxygen atoms in total. The first kappa shape index (κ1) is 73.5. The van der Waals surface area contributed by atoms with Gasteiger partial charge in [-0.3, -0.25) is 48.1 Å². The Morgan fingerprint density at radius 2 is 1.01 bits per heavy atom. The lowest BCUT2D eigenvalue weighted by atomic mass is 9.97. The zero-order valence-electron chi connectivity index (χ0n) is 48.8. The molecule has 2 amide bonds. The number of nitrogens with zero attached hydrogens (tertiary/aromatic N) is 6. The first-order chi connectivity index (χ1) is 39.0. The monoisotopic (exact) mass is 1150 g/mol. The van der Waals surface area contributed by atoms with Gasteiger partial charge in [0, 0.05) is 131 Å². The second-order valence-electron chi connectivity index (χ2n) is 18.1. The van der Waals surface area contributed by atoms with E-state index in [1.165, 1.54) is 77.7 Å². The van der Waals surface area contributed by atoms with Crippen LogP contribution in [0.3, 0.4) is 0 Å². The second kappa shape index (κ2) is 41.5. The maximum absolute atomic E-state index is 13.0. The average molecular weight is 1150 g/mol. The van der Waals surface area contributed by atoms with E-state index in [1.807, 2.05) is 73.4 Å². The molecule has 4 rings (SSSR count). The number of aromatic nitrogens is 3. The van der Waals surface area contributed by atoms with Gasteiger partial charge in [-0.05, 0) is 87.7 Å². The Kier molecular flexibility index (Phi) is 37.2. The molecule has 10 N–H and O–H groups in total. The number of hydrogen-bond acceptors (Lipinski definition) is 19. The number of aldehydes is 3. The van der Waals surface area contributed by atoms with Crippen LogP contribution in [0, 0.1) is 5.92 Å². The number of anilines is 1. The minimum absolute atomic E-state index is 0.0214.